The van der Waals surface area contributed by atoms with Crippen LogP contribution in [0.5, 0.6) is 5.75 Å². The normalized spacial score (nSPS) is 15.3. The second-order valence-corrected chi connectivity index (χ2v) is 6.84. The minimum Gasteiger partial charge on any atom is -0.495 e. The lowest BCUT2D eigenvalue weighted by Crippen LogP contribution is -2.38. The number of para-hydroxylation sites is 2. The highest BCUT2D eigenvalue weighted by atomic mass is 16.5. The number of ether oxygens (including phenoxy) is 1. The van der Waals surface area contributed by atoms with Crippen LogP contribution in [0.2, 0.25) is 0 Å². The molecule has 1 saturated heterocycles. The fourth-order valence-electron chi connectivity index (χ4n) is 3.48. The quantitative estimate of drug-likeness (QED) is 0.761. The van der Waals surface area contributed by atoms with Crippen LogP contribution in [-0.2, 0) is 4.79 Å². The maximum Gasteiger partial charge on any atom is 0.225 e. The molecule has 0 spiro atoms. The lowest BCUT2D eigenvalue weighted by atomic mass is 9.89. The number of likely N-dealkylation sites (tertiary alicyclic amines) is 1. The number of amides is 1. The van der Waals surface area contributed by atoms with E-state index >= 15 is 0 Å². The summed E-state index contributed by atoms with van der Waals surface area (Å²) in [6.07, 6.45) is 2.12. The Kier molecular flexibility index (Phi) is 6.60. The van der Waals surface area contributed by atoms with Crippen LogP contribution in [0.15, 0.2) is 54.6 Å². The van der Waals surface area contributed by atoms with E-state index in [-0.39, 0.29) is 17.6 Å². The van der Waals surface area contributed by atoms with Crippen LogP contribution >= 0.6 is 0 Å². The van der Waals surface area contributed by atoms with Crippen LogP contribution in [0.1, 0.15) is 29.6 Å². The Morgan fingerprint density at radius 2 is 1.70 bits per heavy atom. The number of rotatable bonds is 7. The van der Waals surface area contributed by atoms with Gasteiger partial charge in [0.25, 0.3) is 0 Å². The Bertz CT molecular complexity index is 768. The first kappa shape index (κ1) is 19.1. The second-order valence-electron chi connectivity index (χ2n) is 6.84. The number of carbonyl (C=O) groups is 2. The van der Waals surface area contributed by atoms with Crippen molar-refractivity contribution >= 4 is 17.4 Å². The molecular weight excluding hydrogens is 340 g/mol. The van der Waals surface area contributed by atoms with Crippen LogP contribution in [-0.4, -0.2) is 43.3 Å². The van der Waals surface area contributed by atoms with E-state index in [4.69, 9.17) is 4.74 Å². The van der Waals surface area contributed by atoms with Gasteiger partial charge >= 0.3 is 0 Å². The summed E-state index contributed by atoms with van der Waals surface area (Å²) in [4.78, 5) is 27.0. The van der Waals surface area contributed by atoms with Crippen molar-refractivity contribution in [1.82, 2.24) is 4.90 Å². The molecule has 1 amide bonds. The molecule has 0 radical (unpaired) electrons. The zero-order valence-electron chi connectivity index (χ0n) is 15.7. The van der Waals surface area contributed by atoms with Gasteiger partial charge in [-0.2, -0.15) is 0 Å². The second kappa shape index (κ2) is 9.33. The van der Waals surface area contributed by atoms with E-state index in [0.29, 0.717) is 24.4 Å². The van der Waals surface area contributed by atoms with E-state index in [1.165, 1.54) is 0 Å². The van der Waals surface area contributed by atoms with Crippen LogP contribution in [0.4, 0.5) is 5.69 Å². The zero-order valence-corrected chi connectivity index (χ0v) is 15.7. The van der Waals surface area contributed by atoms with Crippen molar-refractivity contribution in [2.75, 3.05) is 32.1 Å². The van der Waals surface area contributed by atoms with E-state index in [1.807, 2.05) is 54.6 Å². The molecule has 0 unspecified atom stereocenters. The lowest BCUT2D eigenvalue weighted by Gasteiger charge is -2.31. The van der Waals surface area contributed by atoms with Gasteiger partial charge in [-0.1, -0.05) is 42.5 Å². The number of benzene rings is 2. The Balaban J connectivity index is 1.43. The minimum absolute atomic E-state index is 0.0259. The fourth-order valence-corrected chi connectivity index (χ4v) is 3.48. The molecular formula is C22H26N2O3. The van der Waals surface area contributed by atoms with Gasteiger partial charge in [-0.25, -0.2) is 0 Å². The van der Waals surface area contributed by atoms with Gasteiger partial charge in [-0.05, 0) is 38.1 Å². The standard InChI is InChI=1S/C22H26N2O3/c1-27-20-10-6-5-9-19(20)23-21(25)13-16-24-14-11-18(12-15-24)22(26)17-7-3-2-4-8-17/h2-10,18H,11-16H2,1H3,(H,23,25). The molecule has 2 aromatic carbocycles. The number of hydrogen-bond donors (Lipinski definition) is 1. The molecule has 0 atom stereocenters. The molecule has 1 fully saturated rings. The van der Waals surface area contributed by atoms with E-state index in [0.717, 1.165) is 31.5 Å². The van der Waals surface area contributed by atoms with Gasteiger partial charge in [0.05, 0.1) is 12.8 Å². The minimum atomic E-state index is -0.0259. The van der Waals surface area contributed by atoms with E-state index in [1.54, 1.807) is 7.11 Å². The smallest absolute Gasteiger partial charge is 0.225 e. The lowest BCUT2D eigenvalue weighted by molar-refractivity contribution is -0.116. The number of methoxy groups -OCH3 is 1. The Morgan fingerprint density at radius 1 is 1.04 bits per heavy atom. The molecule has 3 rings (SSSR count). The summed E-state index contributed by atoms with van der Waals surface area (Å²) >= 11 is 0. The average molecular weight is 366 g/mol. The first-order chi connectivity index (χ1) is 13.2. The first-order valence-corrected chi connectivity index (χ1v) is 9.42. The number of nitrogens with one attached hydrogen (secondary N) is 1. The number of piperidine rings is 1. The van der Waals surface area contributed by atoms with Gasteiger partial charge in [-0.3, -0.25) is 9.59 Å². The molecule has 0 saturated carbocycles. The predicted molar refractivity (Wildman–Crippen MR) is 106 cm³/mol. The maximum atomic E-state index is 12.5. The summed E-state index contributed by atoms with van der Waals surface area (Å²) in [5.74, 6) is 0.961. The Hall–Kier alpha value is -2.66. The van der Waals surface area contributed by atoms with Gasteiger partial charge in [0.15, 0.2) is 5.78 Å². The highest BCUT2D eigenvalue weighted by Gasteiger charge is 2.25. The molecule has 0 aromatic heterocycles. The Morgan fingerprint density at radius 3 is 2.41 bits per heavy atom. The average Bonchev–Trinajstić information content (AvgIpc) is 2.73. The molecule has 1 aliphatic heterocycles. The van der Waals surface area contributed by atoms with Gasteiger partial charge in [0.1, 0.15) is 5.75 Å². The summed E-state index contributed by atoms with van der Waals surface area (Å²) in [6.45, 7) is 2.41. The zero-order chi connectivity index (χ0) is 19.1. The maximum absolute atomic E-state index is 12.5. The van der Waals surface area contributed by atoms with Crippen molar-refractivity contribution in [2.24, 2.45) is 5.92 Å². The third-order valence-corrected chi connectivity index (χ3v) is 5.05. The summed E-state index contributed by atoms with van der Waals surface area (Å²) in [6, 6.07) is 16.9. The van der Waals surface area contributed by atoms with Gasteiger partial charge in [0.2, 0.25) is 5.91 Å². The van der Waals surface area contributed by atoms with E-state index < -0.39 is 0 Å². The number of ketones is 1. The topological polar surface area (TPSA) is 58.6 Å². The number of Topliss-reactive ketones (excluding diaryl/α,β-unsaturated/α-hetero) is 1. The van der Waals surface area contributed by atoms with Gasteiger partial charge in [0, 0.05) is 24.4 Å². The third kappa shape index (κ3) is 5.17. The van der Waals surface area contributed by atoms with E-state index in [9.17, 15) is 9.59 Å². The van der Waals surface area contributed by atoms with Gasteiger partial charge in [-0.15, -0.1) is 0 Å². The summed E-state index contributed by atoms with van der Waals surface area (Å²) in [5.41, 5.74) is 1.49. The molecule has 5 nitrogen and oxygen atoms in total. The van der Waals surface area contributed by atoms with Crippen LogP contribution in [0.3, 0.4) is 0 Å². The molecule has 0 aliphatic carbocycles. The van der Waals surface area contributed by atoms with Crippen molar-refractivity contribution in [1.29, 1.82) is 0 Å². The number of anilines is 1. The third-order valence-electron chi connectivity index (χ3n) is 5.05. The molecule has 1 heterocycles. The largest absolute Gasteiger partial charge is 0.495 e. The van der Waals surface area contributed by atoms with Crippen molar-refractivity contribution in [3.8, 4) is 5.75 Å². The highest BCUT2D eigenvalue weighted by Crippen LogP contribution is 2.24. The van der Waals surface area contributed by atoms with Crippen LogP contribution in [0.25, 0.3) is 0 Å². The first-order valence-electron chi connectivity index (χ1n) is 9.42. The van der Waals surface area contributed by atoms with E-state index in [2.05, 4.69) is 10.2 Å². The Labute approximate surface area is 160 Å². The predicted octanol–water partition coefficient (Wildman–Crippen LogP) is 3.62. The van der Waals surface area contributed by atoms with Gasteiger partial charge < -0.3 is 15.0 Å². The summed E-state index contributed by atoms with van der Waals surface area (Å²) < 4.78 is 5.25. The monoisotopic (exact) mass is 366 g/mol. The molecule has 1 aliphatic rings. The molecule has 0 bridgehead atoms. The number of carbonyl (C=O) groups excluding carboxylic acids is 2. The SMILES string of the molecule is COc1ccccc1NC(=O)CCN1CCC(C(=O)c2ccccc2)CC1. The molecule has 142 valence electrons. The molecule has 27 heavy (non-hydrogen) atoms. The van der Waals surface area contributed by atoms with Crippen molar-refractivity contribution in [3.05, 3.63) is 60.2 Å². The van der Waals surface area contributed by atoms with Crippen molar-refractivity contribution in [2.45, 2.75) is 19.3 Å². The van der Waals surface area contributed by atoms with Crippen molar-refractivity contribution < 1.29 is 14.3 Å². The van der Waals surface area contributed by atoms with Crippen molar-refractivity contribution in [3.63, 3.8) is 0 Å². The summed E-state index contributed by atoms with van der Waals surface area (Å²) in [7, 11) is 1.59. The fraction of sp³-hybridized carbons (Fsp3) is 0.364. The number of nitrogens with zero attached hydrogens (tertiary/aromatic N) is 1. The van der Waals surface area contributed by atoms with Crippen LogP contribution in [0, 0.1) is 5.92 Å². The highest BCUT2D eigenvalue weighted by molar-refractivity contribution is 5.97. The number of hydrogen-bond acceptors (Lipinski definition) is 4. The van der Waals surface area contributed by atoms with Crippen LogP contribution < -0.4 is 10.1 Å². The summed E-state index contributed by atoms with van der Waals surface area (Å²) in [5, 5.41) is 2.90. The molecule has 1 N–H and O–H groups in total. The molecule has 2 aromatic rings. The molecule has 5 heteroatoms.